The summed E-state index contributed by atoms with van der Waals surface area (Å²) in [6.45, 7) is 0.743. The highest BCUT2D eigenvalue weighted by Gasteiger charge is 2.44. The molecule has 0 spiro atoms. The molecule has 2 heterocycles. The summed E-state index contributed by atoms with van der Waals surface area (Å²) in [5.41, 5.74) is 4.79. The Bertz CT molecular complexity index is 841. The standard InChI is InChI=1S/C14H22N4O4S/c1-16-8-12(13(19)17(2)14(16)20)23(21,22)18-6-9-4-3-5-11(15)10(9)7-18/h8-11H,3-7,15H2,1-2H3. The summed E-state index contributed by atoms with van der Waals surface area (Å²) in [5.74, 6) is 0.403. The van der Waals surface area contributed by atoms with Crippen molar-refractivity contribution in [2.75, 3.05) is 13.1 Å². The molecule has 1 aromatic heterocycles. The Morgan fingerprint density at radius 2 is 1.87 bits per heavy atom. The van der Waals surface area contributed by atoms with Gasteiger partial charge >= 0.3 is 5.69 Å². The summed E-state index contributed by atoms with van der Waals surface area (Å²) in [7, 11) is -1.22. The van der Waals surface area contributed by atoms with Crippen LogP contribution in [0.25, 0.3) is 0 Å². The van der Waals surface area contributed by atoms with Gasteiger partial charge in [-0.1, -0.05) is 6.42 Å². The number of aromatic nitrogens is 2. The highest BCUT2D eigenvalue weighted by molar-refractivity contribution is 7.89. The van der Waals surface area contributed by atoms with Crippen LogP contribution in [0.1, 0.15) is 19.3 Å². The van der Waals surface area contributed by atoms with Crippen molar-refractivity contribution in [2.24, 2.45) is 31.7 Å². The smallest absolute Gasteiger partial charge is 0.327 e. The minimum absolute atomic E-state index is 0.0110. The van der Waals surface area contributed by atoms with Crippen molar-refractivity contribution in [3.05, 3.63) is 27.0 Å². The van der Waals surface area contributed by atoms with Crippen LogP contribution in [0.5, 0.6) is 0 Å². The molecule has 0 radical (unpaired) electrons. The summed E-state index contributed by atoms with van der Waals surface area (Å²) < 4.78 is 29.0. The van der Waals surface area contributed by atoms with E-state index in [9.17, 15) is 18.0 Å². The molecule has 2 fully saturated rings. The molecule has 0 amide bonds. The van der Waals surface area contributed by atoms with Gasteiger partial charge in [-0.05, 0) is 24.7 Å². The summed E-state index contributed by atoms with van der Waals surface area (Å²) in [6, 6.07) is 0.0110. The second-order valence-corrected chi connectivity index (χ2v) is 8.50. The Morgan fingerprint density at radius 3 is 2.52 bits per heavy atom. The van der Waals surface area contributed by atoms with Gasteiger partial charge in [0.2, 0.25) is 10.0 Å². The van der Waals surface area contributed by atoms with Crippen LogP contribution in [0.2, 0.25) is 0 Å². The predicted octanol–water partition coefficient (Wildman–Crippen LogP) is -1.17. The fourth-order valence-electron chi connectivity index (χ4n) is 3.76. The van der Waals surface area contributed by atoms with Crippen LogP contribution in [-0.4, -0.2) is 41.0 Å². The highest BCUT2D eigenvalue weighted by Crippen LogP contribution is 2.37. The largest absolute Gasteiger partial charge is 0.330 e. The molecule has 3 atom stereocenters. The van der Waals surface area contributed by atoms with E-state index < -0.39 is 21.3 Å². The molecule has 1 aliphatic carbocycles. The number of aryl methyl sites for hydroxylation is 1. The molecule has 0 bridgehead atoms. The Hall–Kier alpha value is -1.45. The zero-order valence-electron chi connectivity index (χ0n) is 13.3. The first-order valence-electron chi connectivity index (χ1n) is 7.76. The highest BCUT2D eigenvalue weighted by atomic mass is 32.2. The first-order valence-corrected chi connectivity index (χ1v) is 9.20. The predicted molar refractivity (Wildman–Crippen MR) is 84.5 cm³/mol. The van der Waals surface area contributed by atoms with Gasteiger partial charge in [-0.25, -0.2) is 13.2 Å². The molecule has 1 aromatic rings. The van der Waals surface area contributed by atoms with E-state index >= 15 is 0 Å². The molecule has 128 valence electrons. The van der Waals surface area contributed by atoms with E-state index in [2.05, 4.69) is 0 Å². The zero-order valence-corrected chi connectivity index (χ0v) is 14.1. The van der Waals surface area contributed by atoms with Crippen LogP contribution in [0.15, 0.2) is 20.7 Å². The van der Waals surface area contributed by atoms with Crippen molar-refractivity contribution >= 4 is 10.0 Å². The van der Waals surface area contributed by atoms with Crippen LogP contribution in [0.3, 0.4) is 0 Å². The van der Waals surface area contributed by atoms with Crippen molar-refractivity contribution < 1.29 is 8.42 Å². The molecule has 23 heavy (non-hydrogen) atoms. The van der Waals surface area contributed by atoms with Gasteiger partial charge in [0.25, 0.3) is 5.56 Å². The maximum atomic E-state index is 12.9. The number of hydrogen-bond acceptors (Lipinski definition) is 5. The number of fused-ring (bicyclic) bond motifs is 1. The van der Waals surface area contributed by atoms with Crippen LogP contribution in [0, 0.1) is 11.8 Å². The van der Waals surface area contributed by atoms with Gasteiger partial charge in [0.15, 0.2) is 4.90 Å². The second kappa shape index (κ2) is 5.57. The van der Waals surface area contributed by atoms with E-state index in [1.165, 1.54) is 18.4 Å². The molecule has 3 rings (SSSR count). The number of hydrogen-bond donors (Lipinski definition) is 1. The third kappa shape index (κ3) is 2.56. The van der Waals surface area contributed by atoms with E-state index in [1.807, 2.05) is 0 Å². The SMILES string of the molecule is Cn1cc(S(=O)(=O)N2CC3CCCC(N)C3C2)c(=O)n(C)c1=O. The van der Waals surface area contributed by atoms with Gasteiger partial charge in [-0.3, -0.25) is 9.36 Å². The lowest BCUT2D eigenvalue weighted by atomic mass is 9.78. The molecule has 1 saturated carbocycles. The van der Waals surface area contributed by atoms with Crippen molar-refractivity contribution in [2.45, 2.75) is 30.2 Å². The Labute approximate surface area is 134 Å². The van der Waals surface area contributed by atoms with Crippen molar-refractivity contribution in [3.63, 3.8) is 0 Å². The van der Waals surface area contributed by atoms with E-state index in [0.29, 0.717) is 13.1 Å². The van der Waals surface area contributed by atoms with E-state index in [1.54, 1.807) is 0 Å². The van der Waals surface area contributed by atoms with Gasteiger partial charge in [0.1, 0.15) is 0 Å². The lowest BCUT2D eigenvalue weighted by Gasteiger charge is -2.29. The zero-order chi connectivity index (χ0) is 16.9. The third-order valence-electron chi connectivity index (χ3n) is 5.15. The molecule has 0 aromatic carbocycles. The van der Waals surface area contributed by atoms with Gasteiger partial charge in [0, 0.05) is 39.4 Å². The number of nitrogens with two attached hydrogens (primary N) is 1. The lowest BCUT2D eigenvalue weighted by molar-refractivity contribution is 0.260. The molecular formula is C14H22N4O4S. The van der Waals surface area contributed by atoms with Crippen molar-refractivity contribution in [1.82, 2.24) is 13.4 Å². The first kappa shape index (κ1) is 16.4. The van der Waals surface area contributed by atoms with Gasteiger partial charge < -0.3 is 10.3 Å². The molecule has 2 aliphatic rings. The fraction of sp³-hybridized carbons (Fsp3) is 0.714. The molecule has 1 aliphatic heterocycles. The maximum Gasteiger partial charge on any atom is 0.330 e. The third-order valence-corrected chi connectivity index (χ3v) is 6.97. The number of nitrogens with zero attached hydrogens (tertiary/aromatic N) is 3. The molecule has 2 N–H and O–H groups in total. The van der Waals surface area contributed by atoms with Crippen LogP contribution >= 0.6 is 0 Å². The minimum Gasteiger partial charge on any atom is -0.327 e. The maximum absolute atomic E-state index is 12.9. The first-order chi connectivity index (χ1) is 10.7. The molecule has 3 unspecified atom stereocenters. The minimum atomic E-state index is -3.93. The van der Waals surface area contributed by atoms with E-state index in [0.717, 1.165) is 34.6 Å². The summed E-state index contributed by atoms with van der Waals surface area (Å²) in [6.07, 6.45) is 4.01. The average molecular weight is 342 g/mol. The second-order valence-electron chi connectivity index (χ2n) is 6.59. The quantitative estimate of drug-likeness (QED) is 0.729. The lowest BCUT2D eigenvalue weighted by Crippen LogP contribution is -2.42. The topological polar surface area (TPSA) is 107 Å². The van der Waals surface area contributed by atoms with E-state index in [-0.39, 0.29) is 22.8 Å². The van der Waals surface area contributed by atoms with Crippen LogP contribution < -0.4 is 17.0 Å². The Balaban J connectivity index is 2.01. The summed E-state index contributed by atoms with van der Waals surface area (Å²) in [5, 5.41) is 0. The van der Waals surface area contributed by atoms with Gasteiger partial charge in [0.05, 0.1) is 0 Å². The summed E-state index contributed by atoms with van der Waals surface area (Å²) in [4.78, 5) is 23.6. The van der Waals surface area contributed by atoms with Crippen LogP contribution in [0.4, 0.5) is 0 Å². The molecule has 1 saturated heterocycles. The van der Waals surface area contributed by atoms with Crippen molar-refractivity contribution in [1.29, 1.82) is 0 Å². The summed E-state index contributed by atoms with van der Waals surface area (Å²) >= 11 is 0. The molecule has 8 nitrogen and oxygen atoms in total. The van der Waals surface area contributed by atoms with Gasteiger partial charge in [-0.15, -0.1) is 0 Å². The molecule has 9 heteroatoms. The average Bonchev–Trinajstić information content (AvgIpc) is 2.95. The van der Waals surface area contributed by atoms with E-state index in [4.69, 9.17) is 5.73 Å². The fourth-order valence-corrected chi connectivity index (χ4v) is 5.45. The van der Waals surface area contributed by atoms with Gasteiger partial charge in [-0.2, -0.15) is 4.31 Å². The Morgan fingerprint density at radius 1 is 1.17 bits per heavy atom. The normalized spacial score (nSPS) is 28.7. The Kier molecular flexibility index (Phi) is 3.97. The number of rotatable bonds is 2. The van der Waals surface area contributed by atoms with Crippen LogP contribution in [-0.2, 0) is 24.1 Å². The number of sulfonamides is 1. The molecular weight excluding hydrogens is 320 g/mol. The van der Waals surface area contributed by atoms with Crippen molar-refractivity contribution in [3.8, 4) is 0 Å². The monoisotopic (exact) mass is 342 g/mol.